The summed E-state index contributed by atoms with van der Waals surface area (Å²) < 4.78 is 0. The fraction of sp³-hybridized carbons (Fsp3) is 0.0854. The standard InChI is InChI=1S/2C27H22N6O2.C27H20N6O.CH4O/c2*28-25-22-4-1-17(12-18(22)7-10-31-25)15-32-27(35)20-8-9-30-21(14-20)13-16-2-5-23-19(11-16)3-6-24(33-23)26(29)34;28-15-22-4-3-20-11-17(2-6-25(20)33-22)13-23-14-21(8-9-30-23)27(34)32-16-18-1-5-24-19(12-18)7-10-31-26(24)29;1-2/h2*1-12,14H,13,15H2,(H2,28,31)(H2,29,34)(H,32,35);1-12,14H,13,16H2,(H2,29,31)(H,32,34);2H,1H3. The van der Waals surface area contributed by atoms with E-state index < -0.39 is 11.8 Å². The third-order valence-electron chi connectivity index (χ3n) is 17.2. The lowest BCUT2D eigenvalue weighted by atomic mass is 10.0. The monoisotopic (exact) mass is 1400 g/mol. The lowest BCUT2D eigenvalue weighted by Gasteiger charge is -2.09. The van der Waals surface area contributed by atoms with E-state index in [-0.39, 0.29) is 29.1 Å². The topological polar surface area (TPSA) is 412 Å². The zero-order valence-corrected chi connectivity index (χ0v) is 57.1. The molecule has 15 aromatic rings. The highest BCUT2D eigenvalue weighted by atomic mass is 16.2. The second kappa shape index (κ2) is 32.8. The lowest BCUT2D eigenvalue weighted by Crippen LogP contribution is -2.23. The number of amides is 5. The van der Waals surface area contributed by atoms with E-state index in [1.54, 1.807) is 85.7 Å². The smallest absolute Gasteiger partial charge is 0.267 e. The van der Waals surface area contributed by atoms with Crippen LogP contribution in [0.5, 0.6) is 0 Å². The van der Waals surface area contributed by atoms with Crippen LogP contribution < -0.4 is 44.6 Å². The van der Waals surface area contributed by atoms with Gasteiger partial charge in [-0.05, 0) is 183 Å². The molecule has 6 aromatic carbocycles. The highest BCUT2D eigenvalue weighted by molar-refractivity contribution is 5.98. The molecule has 14 N–H and O–H groups in total. The Bertz CT molecular complexity index is 5690. The van der Waals surface area contributed by atoms with Gasteiger partial charge in [0.25, 0.3) is 29.5 Å². The van der Waals surface area contributed by atoms with E-state index in [9.17, 15) is 24.0 Å². The molecule has 0 bridgehead atoms. The number of pyridine rings is 9. The van der Waals surface area contributed by atoms with Crippen LogP contribution >= 0.6 is 0 Å². The van der Waals surface area contributed by atoms with Crippen LogP contribution in [0.15, 0.2) is 237 Å². The zero-order chi connectivity index (χ0) is 74.2. The minimum Gasteiger partial charge on any atom is -0.400 e. The van der Waals surface area contributed by atoms with Crippen molar-refractivity contribution in [3.63, 3.8) is 0 Å². The van der Waals surface area contributed by atoms with Gasteiger partial charge in [0.1, 0.15) is 40.6 Å². The quantitative estimate of drug-likeness (QED) is 0.0409. The molecule has 15 rings (SSSR count). The summed E-state index contributed by atoms with van der Waals surface area (Å²) in [6, 6.07) is 63.6. The maximum absolute atomic E-state index is 12.8. The second-order valence-electron chi connectivity index (χ2n) is 24.5. The SMILES string of the molecule is CO.N#Cc1ccc2cc(Cc3cc(C(=O)NCc4ccc5c(N)nccc5c4)ccn3)ccc2n1.NC(=O)c1ccc2cc(Cc3cc(C(=O)NCc4ccc5c(N)nccc5c4)ccn3)ccc2n1.NC(=O)c1ccc2cc(Cc3cc(C(=O)NCc4ccc5c(N)nccc5c4)ccn3)ccc2n1. The summed E-state index contributed by atoms with van der Waals surface area (Å²) in [4.78, 5) is 99.4. The number of aliphatic hydroxyl groups is 1. The van der Waals surface area contributed by atoms with Crippen LogP contribution in [0.2, 0.25) is 0 Å². The Morgan fingerprint density at radius 3 is 0.981 bits per heavy atom. The normalized spacial score (nSPS) is 10.8. The van der Waals surface area contributed by atoms with Gasteiger partial charge in [-0.1, -0.05) is 66.7 Å². The maximum atomic E-state index is 12.8. The largest absolute Gasteiger partial charge is 0.400 e. The first-order valence-corrected chi connectivity index (χ1v) is 33.2. The highest BCUT2D eigenvalue weighted by Crippen LogP contribution is 2.26. The number of hydrogen-bond acceptors (Lipinski definition) is 19. The summed E-state index contributed by atoms with van der Waals surface area (Å²) in [5.41, 5.74) is 41.3. The molecule has 522 valence electrons. The summed E-state index contributed by atoms with van der Waals surface area (Å²) in [5.74, 6) is -0.164. The number of nitrogens with one attached hydrogen (secondary N) is 3. The summed E-state index contributed by atoms with van der Waals surface area (Å²) in [6.45, 7) is 1.18. The summed E-state index contributed by atoms with van der Waals surface area (Å²) in [7, 11) is 1.00. The number of hydrogen-bond donors (Lipinski definition) is 9. The van der Waals surface area contributed by atoms with E-state index in [4.69, 9.17) is 39.0 Å². The number of nitriles is 1. The molecule has 0 unspecified atom stereocenters. The number of benzene rings is 6. The fourth-order valence-corrected chi connectivity index (χ4v) is 11.9. The maximum Gasteiger partial charge on any atom is 0.267 e. The van der Waals surface area contributed by atoms with Crippen LogP contribution in [0.3, 0.4) is 0 Å². The molecule has 9 aromatic heterocycles. The molecule has 0 spiro atoms. The number of carbonyl (C=O) groups is 5. The van der Waals surface area contributed by atoms with Crippen molar-refractivity contribution < 1.29 is 29.1 Å². The molecule has 0 atom stereocenters. The molecule has 24 nitrogen and oxygen atoms in total. The van der Waals surface area contributed by atoms with Crippen molar-refractivity contribution in [1.82, 2.24) is 60.8 Å². The number of rotatable bonds is 17. The average molecular weight is 1400 g/mol. The Hall–Kier alpha value is -14.6. The predicted molar refractivity (Wildman–Crippen MR) is 408 cm³/mol. The molecule has 0 saturated heterocycles. The number of nitrogens with zero attached hydrogens (tertiary/aromatic N) is 10. The van der Waals surface area contributed by atoms with E-state index in [0.29, 0.717) is 89.8 Å². The molecular formula is C82H68N18O6. The molecule has 0 aliphatic heterocycles. The van der Waals surface area contributed by atoms with Crippen LogP contribution in [0.4, 0.5) is 17.5 Å². The average Bonchev–Trinajstić information content (AvgIpc) is 0.860. The number of aliphatic hydroxyl groups excluding tert-OH is 1. The second-order valence-corrected chi connectivity index (χ2v) is 24.5. The lowest BCUT2D eigenvalue weighted by molar-refractivity contribution is 0.0942. The number of nitrogens with two attached hydrogens (primary N) is 5. The number of primary amides is 2. The van der Waals surface area contributed by atoms with Crippen molar-refractivity contribution in [2.24, 2.45) is 11.5 Å². The van der Waals surface area contributed by atoms with Crippen molar-refractivity contribution in [2.75, 3.05) is 24.3 Å². The molecule has 0 radical (unpaired) electrons. The highest BCUT2D eigenvalue weighted by Gasteiger charge is 2.15. The molecule has 0 aliphatic carbocycles. The van der Waals surface area contributed by atoms with Crippen LogP contribution in [-0.2, 0) is 38.9 Å². The van der Waals surface area contributed by atoms with Gasteiger partial charge in [-0.2, -0.15) is 5.26 Å². The van der Waals surface area contributed by atoms with E-state index in [1.807, 2.05) is 152 Å². The summed E-state index contributed by atoms with van der Waals surface area (Å²) in [6.07, 6.45) is 11.6. The van der Waals surface area contributed by atoms with Gasteiger partial charge in [0.15, 0.2) is 0 Å². The molecule has 9 heterocycles. The van der Waals surface area contributed by atoms with E-state index in [2.05, 4.69) is 66.9 Å². The Morgan fingerprint density at radius 1 is 0.349 bits per heavy atom. The number of nitrogen functional groups attached to an aromatic ring is 3. The minimum absolute atomic E-state index is 0.162. The van der Waals surface area contributed by atoms with Gasteiger partial charge in [0.2, 0.25) is 0 Å². The molecule has 0 saturated carbocycles. The van der Waals surface area contributed by atoms with Gasteiger partial charge in [-0.3, -0.25) is 38.9 Å². The Labute approximate surface area is 606 Å². The van der Waals surface area contributed by atoms with Crippen molar-refractivity contribution in [3.8, 4) is 6.07 Å². The van der Waals surface area contributed by atoms with E-state index in [0.717, 1.165) is 112 Å². The van der Waals surface area contributed by atoms with Gasteiger partial charge >= 0.3 is 0 Å². The first-order chi connectivity index (χ1) is 51.5. The van der Waals surface area contributed by atoms with E-state index in [1.165, 1.54) is 0 Å². The summed E-state index contributed by atoms with van der Waals surface area (Å²) >= 11 is 0. The Kier molecular flexibility index (Phi) is 22.1. The predicted octanol–water partition coefficient (Wildman–Crippen LogP) is 10.5. The molecule has 0 fully saturated rings. The van der Waals surface area contributed by atoms with Gasteiger partial charge in [-0.15, -0.1) is 0 Å². The van der Waals surface area contributed by atoms with Gasteiger partial charge in [0.05, 0.1) is 16.6 Å². The van der Waals surface area contributed by atoms with Crippen LogP contribution in [0.25, 0.3) is 65.0 Å². The molecule has 5 amide bonds. The number of aromatic nitrogens is 9. The number of carbonyl (C=O) groups excluding carboxylic acids is 5. The Balaban J connectivity index is 0.000000147. The van der Waals surface area contributed by atoms with Crippen molar-refractivity contribution in [3.05, 3.63) is 322 Å². The van der Waals surface area contributed by atoms with Crippen molar-refractivity contribution in [2.45, 2.75) is 38.9 Å². The third kappa shape index (κ3) is 17.6. The first-order valence-electron chi connectivity index (χ1n) is 33.2. The van der Waals surface area contributed by atoms with Gasteiger partial charge < -0.3 is 49.7 Å². The van der Waals surface area contributed by atoms with Crippen molar-refractivity contribution in [1.29, 1.82) is 5.26 Å². The van der Waals surface area contributed by atoms with Gasteiger partial charge in [-0.25, -0.2) is 29.9 Å². The zero-order valence-electron chi connectivity index (χ0n) is 57.1. The van der Waals surface area contributed by atoms with E-state index >= 15 is 0 Å². The molecule has 24 heteroatoms. The fourth-order valence-electron chi connectivity index (χ4n) is 11.9. The minimum atomic E-state index is -0.558. The van der Waals surface area contributed by atoms with Gasteiger partial charge in [0, 0.05) is 149 Å². The molecule has 106 heavy (non-hydrogen) atoms. The Morgan fingerprint density at radius 2 is 0.651 bits per heavy atom. The van der Waals surface area contributed by atoms with Crippen LogP contribution in [-0.4, -0.2) is 86.6 Å². The van der Waals surface area contributed by atoms with Crippen LogP contribution in [0.1, 0.15) is 108 Å². The van der Waals surface area contributed by atoms with Crippen LogP contribution in [0, 0.1) is 11.3 Å². The number of fused-ring (bicyclic) bond motifs is 6. The molecular weight excluding hydrogens is 1330 g/mol. The first kappa shape index (κ1) is 71.3. The van der Waals surface area contributed by atoms with Crippen molar-refractivity contribution >= 4 is 112 Å². The summed E-state index contributed by atoms with van der Waals surface area (Å²) in [5, 5.41) is 33.3. The number of anilines is 3. The third-order valence-corrected chi connectivity index (χ3v) is 17.2. The molecule has 0 aliphatic rings.